The van der Waals surface area contributed by atoms with E-state index in [1.54, 1.807) is 43.1 Å². The number of rotatable bonds is 4. The molecule has 0 saturated heterocycles. The number of halogens is 1. The van der Waals surface area contributed by atoms with Crippen LogP contribution in [-0.4, -0.2) is 30.4 Å². The van der Waals surface area contributed by atoms with Gasteiger partial charge in [-0.05, 0) is 26.1 Å². The highest BCUT2D eigenvalue weighted by molar-refractivity contribution is 6.33. The van der Waals surface area contributed by atoms with Gasteiger partial charge in [0.05, 0.1) is 29.4 Å². The van der Waals surface area contributed by atoms with Gasteiger partial charge in [-0.15, -0.1) is 0 Å². The summed E-state index contributed by atoms with van der Waals surface area (Å²) in [6.45, 7) is 1.89. The van der Waals surface area contributed by atoms with Gasteiger partial charge in [0.1, 0.15) is 0 Å². The molecule has 5 heteroatoms. The van der Waals surface area contributed by atoms with Crippen LogP contribution in [0.5, 0.6) is 0 Å². The summed E-state index contributed by atoms with van der Waals surface area (Å²) in [5.41, 5.74) is 0.581. The Kier molecular flexibility index (Phi) is 4.95. The summed E-state index contributed by atoms with van der Waals surface area (Å²) < 4.78 is 0. The molecular weight excluding hydrogens is 238 g/mol. The molecule has 0 heterocycles. The van der Waals surface area contributed by atoms with Gasteiger partial charge < -0.3 is 5.32 Å². The summed E-state index contributed by atoms with van der Waals surface area (Å²) in [4.78, 5) is 13.3. The van der Waals surface area contributed by atoms with Crippen LogP contribution >= 0.6 is 11.6 Å². The summed E-state index contributed by atoms with van der Waals surface area (Å²) in [6.07, 6.45) is 0. The normalized spacial score (nSPS) is 11.9. The first-order valence-electron chi connectivity index (χ1n) is 5.19. The van der Waals surface area contributed by atoms with E-state index in [2.05, 4.69) is 11.4 Å². The van der Waals surface area contributed by atoms with Crippen LogP contribution in [0.2, 0.25) is 5.02 Å². The fraction of sp³-hybridized carbons (Fsp3) is 0.333. The van der Waals surface area contributed by atoms with Gasteiger partial charge in [0.2, 0.25) is 5.91 Å². The summed E-state index contributed by atoms with van der Waals surface area (Å²) in [5, 5.41) is 11.9. The van der Waals surface area contributed by atoms with Crippen molar-refractivity contribution in [3.63, 3.8) is 0 Å². The Balaban J connectivity index is 2.57. The van der Waals surface area contributed by atoms with Crippen molar-refractivity contribution >= 4 is 23.2 Å². The summed E-state index contributed by atoms with van der Waals surface area (Å²) in [7, 11) is 1.72. The molecule has 0 aliphatic heterocycles. The average Bonchev–Trinajstić information content (AvgIpc) is 2.31. The maximum Gasteiger partial charge on any atom is 0.238 e. The highest BCUT2D eigenvalue weighted by Gasteiger charge is 2.12. The van der Waals surface area contributed by atoms with Gasteiger partial charge in [-0.25, -0.2) is 0 Å². The number of amides is 1. The van der Waals surface area contributed by atoms with Crippen molar-refractivity contribution in [2.75, 3.05) is 18.9 Å². The molecule has 0 aliphatic rings. The van der Waals surface area contributed by atoms with Crippen LogP contribution in [0.3, 0.4) is 0 Å². The molecule has 0 saturated carbocycles. The smallest absolute Gasteiger partial charge is 0.238 e. The summed E-state index contributed by atoms with van der Waals surface area (Å²) in [6, 6.07) is 8.79. The van der Waals surface area contributed by atoms with Crippen molar-refractivity contribution in [2.24, 2.45) is 0 Å². The Hall–Kier alpha value is -1.57. The van der Waals surface area contributed by atoms with Gasteiger partial charge in [-0.1, -0.05) is 23.7 Å². The number of benzene rings is 1. The fourth-order valence-corrected chi connectivity index (χ4v) is 1.40. The maximum atomic E-state index is 11.7. The Labute approximate surface area is 106 Å². The Morgan fingerprint density at radius 3 is 2.82 bits per heavy atom. The van der Waals surface area contributed by atoms with Gasteiger partial charge in [-0.3, -0.25) is 9.69 Å². The zero-order chi connectivity index (χ0) is 12.8. The lowest BCUT2D eigenvalue weighted by atomic mass is 10.3. The second-order valence-corrected chi connectivity index (χ2v) is 4.16. The number of anilines is 1. The minimum Gasteiger partial charge on any atom is -0.324 e. The van der Waals surface area contributed by atoms with Crippen molar-refractivity contribution in [1.82, 2.24) is 4.90 Å². The Morgan fingerprint density at radius 1 is 1.59 bits per heavy atom. The molecule has 4 nitrogen and oxygen atoms in total. The lowest BCUT2D eigenvalue weighted by molar-refractivity contribution is -0.117. The standard InChI is InChI=1S/C12H14ClN3O/c1-9(7-14)16(2)8-12(17)15-11-6-4-3-5-10(11)13/h3-6,9H,8H2,1-2H3,(H,15,17). The first kappa shape index (κ1) is 13.5. The number of para-hydroxylation sites is 1. The zero-order valence-electron chi connectivity index (χ0n) is 9.77. The topological polar surface area (TPSA) is 56.1 Å². The van der Waals surface area contributed by atoms with E-state index in [-0.39, 0.29) is 18.5 Å². The number of nitrogens with one attached hydrogen (secondary N) is 1. The number of carbonyl (C=O) groups excluding carboxylic acids is 1. The van der Waals surface area contributed by atoms with E-state index >= 15 is 0 Å². The minimum absolute atomic E-state index is 0.153. The van der Waals surface area contributed by atoms with E-state index in [1.807, 2.05) is 0 Å². The molecule has 1 N–H and O–H groups in total. The lowest BCUT2D eigenvalue weighted by Gasteiger charge is -2.18. The molecule has 1 amide bonds. The third-order valence-corrected chi connectivity index (χ3v) is 2.72. The molecule has 0 bridgehead atoms. The van der Waals surface area contributed by atoms with Gasteiger partial charge in [-0.2, -0.15) is 5.26 Å². The number of likely N-dealkylation sites (N-methyl/N-ethyl adjacent to an activating group) is 1. The first-order chi connectivity index (χ1) is 8.04. The molecular formula is C12H14ClN3O. The second-order valence-electron chi connectivity index (χ2n) is 3.75. The van der Waals surface area contributed by atoms with Crippen LogP contribution in [0.1, 0.15) is 6.92 Å². The van der Waals surface area contributed by atoms with E-state index in [4.69, 9.17) is 16.9 Å². The van der Waals surface area contributed by atoms with E-state index in [0.29, 0.717) is 10.7 Å². The van der Waals surface area contributed by atoms with Gasteiger partial charge in [0, 0.05) is 0 Å². The minimum atomic E-state index is -0.299. The third-order valence-electron chi connectivity index (χ3n) is 2.39. The molecule has 17 heavy (non-hydrogen) atoms. The second kappa shape index (κ2) is 6.24. The molecule has 0 aromatic heterocycles. The zero-order valence-corrected chi connectivity index (χ0v) is 10.5. The quantitative estimate of drug-likeness (QED) is 0.892. The Morgan fingerprint density at radius 2 is 2.24 bits per heavy atom. The van der Waals surface area contributed by atoms with Crippen LogP contribution in [0.4, 0.5) is 5.69 Å². The number of hydrogen-bond donors (Lipinski definition) is 1. The van der Waals surface area contributed by atoms with Crippen LogP contribution < -0.4 is 5.32 Å². The highest BCUT2D eigenvalue weighted by Crippen LogP contribution is 2.20. The van der Waals surface area contributed by atoms with E-state index in [9.17, 15) is 4.79 Å². The molecule has 0 fully saturated rings. The molecule has 90 valence electrons. The van der Waals surface area contributed by atoms with Crippen molar-refractivity contribution < 1.29 is 4.79 Å². The van der Waals surface area contributed by atoms with Crippen molar-refractivity contribution in [2.45, 2.75) is 13.0 Å². The van der Waals surface area contributed by atoms with Crippen molar-refractivity contribution in [3.8, 4) is 6.07 Å². The van der Waals surface area contributed by atoms with Crippen LogP contribution in [-0.2, 0) is 4.79 Å². The molecule has 1 aromatic carbocycles. The van der Waals surface area contributed by atoms with Gasteiger partial charge in [0.25, 0.3) is 0 Å². The lowest BCUT2D eigenvalue weighted by Crippen LogP contribution is -2.35. The Bertz CT molecular complexity index is 442. The average molecular weight is 252 g/mol. The van der Waals surface area contributed by atoms with E-state index in [1.165, 1.54) is 0 Å². The molecule has 1 aromatic rings. The molecule has 1 atom stereocenters. The van der Waals surface area contributed by atoms with Crippen molar-refractivity contribution in [3.05, 3.63) is 29.3 Å². The number of nitriles is 1. The summed E-state index contributed by atoms with van der Waals surface area (Å²) >= 11 is 5.91. The van der Waals surface area contributed by atoms with E-state index in [0.717, 1.165) is 0 Å². The predicted molar refractivity (Wildman–Crippen MR) is 67.8 cm³/mol. The molecule has 0 aliphatic carbocycles. The van der Waals surface area contributed by atoms with E-state index < -0.39 is 0 Å². The maximum absolute atomic E-state index is 11.7. The molecule has 0 radical (unpaired) electrons. The van der Waals surface area contributed by atoms with Crippen LogP contribution in [0.25, 0.3) is 0 Å². The summed E-state index contributed by atoms with van der Waals surface area (Å²) in [5.74, 6) is -0.192. The van der Waals surface area contributed by atoms with Crippen molar-refractivity contribution in [1.29, 1.82) is 5.26 Å². The first-order valence-corrected chi connectivity index (χ1v) is 5.56. The van der Waals surface area contributed by atoms with Gasteiger partial charge >= 0.3 is 0 Å². The molecule has 1 unspecified atom stereocenters. The number of nitrogens with zero attached hydrogens (tertiary/aromatic N) is 2. The monoisotopic (exact) mass is 251 g/mol. The number of hydrogen-bond acceptors (Lipinski definition) is 3. The largest absolute Gasteiger partial charge is 0.324 e. The SMILES string of the molecule is CC(C#N)N(C)CC(=O)Nc1ccccc1Cl. The van der Waals surface area contributed by atoms with Crippen LogP contribution in [0, 0.1) is 11.3 Å². The number of carbonyl (C=O) groups is 1. The molecule has 1 rings (SSSR count). The third kappa shape index (κ3) is 4.06. The molecule has 0 spiro atoms. The highest BCUT2D eigenvalue weighted by atomic mass is 35.5. The van der Waals surface area contributed by atoms with Crippen LogP contribution in [0.15, 0.2) is 24.3 Å². The van der Waals surface area contributed by atoms with Gasteiger partial charge in [0.15, 0.2) is 0 Å². The predicted octanol–water partition coefficient (Wildman–Crippen LogP) is 2.12. The fourth-order valence-electron chi connectivity index (χ4n) is 1.21.